The van der Waals surface area contributed by atoms with Gasteiger partial charge in [-0.05, 0) is 44.7 Å². The van der Waals surface area contributed by atoms with Crippen LogP contribution in [0.1, 0.15) is 19.9 Å². The molecule has 0 spiro atoms. The molecule has 3 atom stereocenters. The number of alkyl halides is 2. The maximum absolute atomic E-state index is 14.9. The summed E-state index contributed by atoms with van der Waals surface area (Å²) in [6, 6.07) is 6.75. The second kappa shape index (κ2) is 7.91. The Balaban J connectivity index is 1.55. The molecule has 0 aliphatic carbocycles. The molecule has 4 aromatic rings. The van der Waals surface area contributed by atoms with Crippen molar-refractivity contribution in [1.82, 2.24) is 34.5 Å². The lowest BCUT2D eigenvalue weighted by atomic mass is 10.0. The van der Waals surface area contributed by atoms with Crippen LogP contribution in [0.5, 0.6) is 5.88 Å². The van der Waals surface area contributed by atoms with E-state index in [0.29, 0.717) is 36.0 Å². The predicted octanol–water partition coefficient (Wildman–Crippen LogP) is 3.13. The van der Waals surface area contributed by atoms with Gasteiger partial charge in [0.15, 0.2) is 0 Å². The summed E-state index contributed by atoms with van der Waals surface area (Å²) in [5.74, 6) is 0.656. The van der Waals surface area contributed by atoms with Gasteiger partial charge in [-0.25, -0.2) is 18.0 Å². The largest absolute Gasteiger partial charge is 0.479 e. The van der Waals surface area contributed by atoms with Gasteiger partial charge >= 0.3 is 0 Å². The van der Waals surface area contributed by atoms with Crippen LogP contribution in [0, 0.1) is 0 Å². The van der Waals surface area contributed by atoms with E-state index in [1.807, 2.05) is 36.2 Å². The number of likely N-dealkylation sites (tertiary alicyclic amines) is 1. The Morgan fingerprint density at radius 1 is 1.33 bits per heavy atom. The zero-order chi connectivity index (χ0) is 23.3. The summed E-state index contributed by atoms with van der Waals surface area (Å²) in [6.45, 7) is 3.69. The predicted molar refractivity (Wildman–Crippen MR) is 121 cm³/mol. The lowest BCUT2D eigenvalue weighted by Gasteiger charge is -2.22. The van der Waals surface area contributed by atoms with Crippen LogP contribution in [0.3, 0.4) is 0 Å². The number of likely N-dealkylation sites (N-methyl/N-ethyl adjacent to an activating group) is 1. The van der Waals surface area contributed by atoms with E-state index in [-0.39, 0.29) is 0 Å². The van der Waals surface area contributed by atoms with Crippen molar-refractivity contribution < 1.29 is 13.5 Å². The molecule has 1 N–H and O–H groups in total. The van der Waals surface area contributed by atoms with Crippen molar-refractivity contribution in [3.05, 3.63) is 30.5 Å². The number of ether oxygens (including phenoxy) is 1. The Kier molecular flexibility index (Phi) is 5.15. The molecule has 0 radical (unpaired) electrons. The van der Waals surface area contributed by atoms with Crippen molar-refractivity contribution in [2.45, 2.75) is 31.6 Å². The Hall–Kier alpha value is -3.34. The molecule has 3 aromatic heterocycles. The number of fused-ring (bicyclic) bond motifs is 2. The van der Waals surface area contributed by atoms with Gasteiger partial charge in [0.1, 0.15) is 23.4 Å². The smallest absolute Gasteiger partial charge is 0.244 e. The fourth-order valence-electron chi connectivity index (χ4n) is 4.48. The number of nitrogens with one attached hydrogen (secondary N) is 1. The fraction of sp³-hybridized carbons (Fsp3) is 0.455. The van der Waals surface area contributed by atoms with Crippen molar-refractivity contribution in [2.75, 3.05) is 39.2 Å². The minimum Gasteiger partial charge on any atom is -0.479 e. The van der Waals surface area contributed by atoms with E-state index in [1.165, 1.54) is 7.11 Å². The monoisotopic (exact) mass is 456 g/mol. The molecule has 11 heteroatoms. The van der Waals surface area contributed by atoms with Gasteiger partial charge in [-0.15, -0.1) is 10.2 Å². The van der Waals surface area contributed by atoms with Crippen LogP contribution in [0.2, 0.25) is 0 Å². The number of rotatable bonds is 6. The molecule has 1 fully saturated rings. The molecule has 4 heterocycles. The van der Waals surface area contributed by atoms with E-state index >= 15 is 0 Å². The Bertz CT molecular complexity index is 1320. The summed E-state index contributed by atoms with van der Waals surface area (Å²) in [4.78, 5) is 6.44. The van der Waals surface area contributed by atoms with Crippen molar-refractivity contribution >= 4 is 22.5 Å². The second-order valence-electron chi connectivity index (χ2n) is 8.88. The first kappa shape index (κ1) is 21.5. The maximum atomic E-state index is 14.9. The number of nitrogens with zero attached hydrogens (tertiary/aromatic N) is 7. The van der Waals surface area contributed by atoms with E-state index in [4.69, 9.17) is 4.74 Å². The van der Waals surface area contributed by atoms with E-state index in [2.05, 4.69) is 25.7 Å². The summed E-state index contributed by atoms with van der Waals surface area (Å²) in [7, 11) is 3.42. The summed E-state index contributed by atoms with van der Waals surface area (Å²) in [5, 5.41) is 15.9. The van der Waals surface area contributed by atoms with Crippen LogP contribution in [-0.4, -0.2) is 80.1 Å². The minimum absolute atomic E-state index is 0.292. The van der Waals surface area contributed by atoms with Crippen LogP contribution in [0.25, 0.3) is 27.7 Å². The SMILES string of the molecule is COc1nc(N[C@@H]2CN(C)CC2(C)F)nn2ccc(-c3ccc4nnn([C@H](C)CF)c4c3)c12. The highest BCUT2D eigenvalue weighted by Gasteiger charge is 2.42. The van der Waals surface area contributed by atoms with Crippen molar-refractivity contribution in [3.8, 4) is 17.0 Å². The average molecular weight is 457 g/mol. The third kappa shape index (κ3) is 3.65. The molecule has 33 heavy (non-hydrogen) atoms. The van der Waals surface area contributed by atoms with Gasteiger partial charge in [-0.1, -0.05) is 11.3 Å². The molecule has 9 nitrogen and oxygen atoms in total. The Morgan fingerprint density at radius 3 is 2.85 bits per heavy atom. The maximum Gasteiger partial charge on any atom is 0.244 e. The molecule has 1 unspecified atom stereocenters. The molecule has 1 aliphatic heterocycles. The van der Waals surface area contributed by atoms with Gasteiger partial charge in [-0.3, -0.25) is 0 Å². The van der Waals surface area contributed by atoms with Crippen LogP contribution < -0.4 is 10.1 Å². The summed E-state index contributed by atoms with van der Waals surface area (Å²) >= 11 is 0. The van der Waals surface area contributed by atoms with Gasteiger partial charge in [-0.2, -0.15) is 4.98 Å². The van der Waals surface area contributed by atoms with Crippen molar-refractivity contribution in [2.24, 2.45) is 0 Å². The lowest BCUT2D eigenvalue weighted by molar-refractivity contribution is 0.187. The lowest BCUT2D eigenvalue weighted by Crippen LogP contribution is -2.40. The third-order valence-electron chi connectivity index (χ3n) is 6.20. The first-order valence-electron chi connectivity index (χ1n) is 10.8. The molecule has 1 aliphatic rings. The Morgan fingerprint density at radius 2 is 2.15 bits per heavy atom. The third-order valence-corrected chi connectivity index (χ3v) is 6.20. The van der Waals surface area contributed by atoms with Gasteiger partial charge in [0.25, 0.3) is 0 Å². The minimum atomic E-state index is -1.40. The average Bonchev–Trinajstić information content (AvgIpc) is 3.47. The van der Waals surface area contributed by atoms with Gasteiger partial charge < -0.3 is 15.0 Å². The normalized spacial score (nSPS) is 22.3. The van der Waals surface area contributed by atoms with E-state index < -0.39 is 24.4 Å². The van der Waals surface area contributed by atoms with Crippen molar-refractivity contribution in [3.63, 3.8) is 0 Å². The van der Waals surface area contributed by atoms with Crippen LogP contribution >= 0.6 is 0 Å². The Labute approximate surface area is 189 Å². The van der Waals surface area contributed by atoms with Crippen LogP contribution in [0.4, 0.5) is 14.7 Å². The highest BCUT2D eigenvalue weighted by Crippen LogP contribution is 2.34. The standard InChI is InChI=1S/C22H26F2N8O/c1-13(10-23)32-17-9-14(5-6-16(17)27-29-32)15-7-8-31-19(15)20(33-4)26-21(28-31)25-18-11-30(3)12-22(18,2)24/h5-9,13,18H,10-12H2,1-4H3,(H,25,28)/t13-,18-,22?/m1/s1. The zero-order valence-electron chi connectivity index (χ0n) is 19.0. The number of hydrogen-bond donors (Lipinski definition) is 1. The molecule has 0 saturated carbocycles. The number of anilines is 1. The number of aromatic nitrogens is 6. The molecular weight excluding hydrogens is 430 g/mol. The number of halogens is 2. The number of hydrogen-bond acceptors (Lipinski definition) is 7. The molecular formula is C22H26F2N8O. The summed E-state index contributed by atoms with van der Waals surface area (Å²) < 4.78 is 37.0. The highest BCUT2D eigenvalue weighted by molar-refractivity contribution is 5.89. The van der Waals surface area contributed by atoms with Gasteiger partial charge in [0, 0.05) is 24.8 Å². The molecule has 0 bridgehead atoms. The second-order valence-corrected chi connectivity index (χ2v) is 8.88. The number of methoxy groups -OCH3 is 1. The molecule has 0 amide bonds. The topological polar surface area (TPSA) is 85.4 Å². The van der Waals surface area contributed by atoms with Crippen LogP contribution in [-0.2, 0) is 0 Å². The van der Waals surface area contributed by atoms with E-state index in [0.717, 1.165) is 16.6 Å². The van der Waals surface area contributed by atoms with E-state index in [1.54, 1.807) is 29.2 Å². The molecule has 1 saturated heterocycles. The first-order valence-corrected chi connectivity index (χ1v) is 10.8. The number of benzene rings is 1. The van der Waals surface area contributed by atoms with Gasteiger partial charge in [0.05, 0.1) is 24.7 Å². The van der Waals surface area contributed by atoms with Crippen LogP contribution in [0.15, 0.2) is 30.5 Å². The van der Waals surface area contributed by atoms with Crippen molar-refractivity contribution in [1.29, 1.82) is 0 Å². The highest BCUT2D eigenvalue weighted by atomic mass is 19.1. The molecule has 5 rings (SSSR count). The summed E-state index contributed by atoms with van der Waals surface area (Å²) in [5.41, 5.74) is 2.42. The molecule has 1 aromatic carbocycles. The zero-order valence-corrected chi connectivity index (χ0v) is 19.0. The molecule has 174 valence electrons. The quantitative estimate of drug-likeness (QED) is 0.477. The van der Waals surface area contributed by atoms with Gasteiger partial charge in [0.2, 0.25) is 11.8 Å². The first-order chi connectivity index (χ1) is 15.8. The van der Waals surface area contributed by atoms with E-state index in [9.17, 15) is 8.78 Å². The fourth-order valence-corrected chi connectivity index (χ4v) is 4.48. The summed E-state index contributed by atoms with van der Waals surface area (Å²) in [6.07, 6.45) is 1.80.